The Balaban J connectivity index is 2.34. The van der Waals surface area contributed by atoms with Gasteiger partial charge in [-0.05, 0) is 23.8 Å². The van der Waals surface area contributed by atoms with Gasteiger partial charge in [0.15, 0.2) is 0 Å². The van der Waals surface area contributed by atoms with Crippen molar-refractivity contribution in [1.29, 1.82) is 0 Å². The minimum atomic E-state index is 0.338. The number of fused-ring (bicyclic) bond motifs is 1. The Morgan fingerprint density at radius 3 is 2.65 bits per heavy atom. The van der Waals surface area contributed by atoms with Crippen molar-refractivity contribution in [2.24, 2.45) is 5.41 Å². The molecule has 2 aromatic heterocycles. The summed E-state index contributed by atoms with van der Waals surface area (Å²) in [6.45, 7) is 9.06. The lowest BCUT2D eigenvalue weighted by atomic mass is 9.85. The van der Waals surface area contributed by atoms with Crippen molar-refractivity contribution in [1.82, 2.24) is 9.97 Å². The van der Waals surface area contributed by atoms with Crippen LogP contribution in [0.4, 0.5) is 0 Å². The van der Waals surface area contributed by atoms with Crippen molar-refractivity contribution >= 4 is 33.2 Å². The summed E-state index contributed by atoms with van der Waals surface area (Å²) in [5, 5.41) is 1.54. The summed E-state index contributed by atoms with van der Waals surface area (Å²) in [4.78, 5) is 10.6. The Hall–Kier alpha value is -0.670. The molecule has 17 heavy (non-hydrogen) atoms. The summed E-state index contributed by atoms with van der Waals surface area (Å²) in [6.07, 6.45) is 2.68. The first-order valence-corrected chi connectivity index (χ1v) is 6.96. The SMILES string of the molecule is CC(CC(C)(C)C)c1cc2c(Cl)ncnc2s1. The lowest BCUT2D eigenvalue weighted by molar-refractivity contribution is 0.351. The van der Waals surface area contributed by atoms with Crippen molar-refractivity contribution in [2.45, 2.75) is 40.0 Å². The van der Waals surface area contributed by atoms with E-state index in [9.17, 15) is 0 Å². The first kappa shape index (κ1) is 12.8. The topological polar surface area (TPSA) is 25.8 Å². The zero-order chi connectivity index (χ0) is 12.6. The second kappa shape index (κ2) is 4.54. The van der Waals surface area contributed by atoms with Crippen molar-refractivity contribution in [2.75, 3.05) is 0 Å². The van der Waals surface area contributed by atoms with E-state index in [2.05, 4.69) is 43.7 Å². The monoisotopic (exact) mass is 268 g/mol. The van der Waals surface area contributed by atoms with Crippen LogP contribution in [0.25, 0.3) is 10.2 Å². The molecule has 92 valence electrons. The first-order chi connectivity index (χ1) is 7.87. The van der Waals surface area contributed by atoms with Crippen LogP contribution >= 0.6 is 22.9 Å². The molecule has 0 aliphatic carbocycles. The maximum Gasteiger partial charge on any atom is 0.141 e. The van der Waals surface area contributed by atoms with E-state index < -0.39 is 0 Å². The molecule has 2 nitrogen and oxygen atoms in total. The number of hydrogen-bond acceptors (Lipinski definition) is 3. The minimum Gasteiger partial charge on any atom is -0.225 e. The lowest BCUT2D eigenvalue weighted by Crippen LogP contribution is -2.08. The van der Waals surface area contributed by atoms with Gasteiger partial charge in [0.25, 0.3) is 0 Å². The van der Waals surface area contributed by atoms with Crippen LogP contribution in [0.15, 0.2) is 12.4 Å². The number of aromatic nitrogens is 2. The van der Waals surface area contributed by atoms with E-state index >= 15 is 0 Å². The van der Waals surface area contributed by atoms with Crippen LogP contribution in [0, 0.1) is 5.41 Å². The van der Waals surface area contributed by atoms with Crippen molar-refractivity contribution in [3.05, 3.63) is 22.4 Å². The van der Waals surface area contributed by atoms with Gasteiger partial charge in [-0.3, -0.25) is 0 Å². The number of rotatable bonds is 2. The zero-order valence-electron chi connectivity index (χ0n) is 10.6. The molecule has 1 atom stereocenters. The van der Waals surface area contributed by atoms with Gasteiger partial charge in [0.1, 0.15) is 16.3 Å². The average Bonchev–Trinajstić information content (AvgIpc) is 2.60. The quantitative estimate of drug-likeness (QED) is 0.725. The number of thiophene rings is 1. The molecule has 0 N–H and O–H groups in total. The van der Waals surface area contributed by atoms with Crippen LogP contribution < -0.4 is 0 Å². The minimum absolute atomic E-state index is 0.338. The van der Waals surface area contributed by atoms with E-state index in [-0.39, 0.29) is 0 Å². The molecule has 0 fully saturated rings. The Labute approximate surface area is 111 Å². The highest BCUT2D eigenvalue weighted by Gasteiger charge is 2.19. The molecule has 2 heterocycles. The first-order valence-electron chi connectivity index (χ1n) is 5.77. The van der Waals surface area contributed by atoms with E-state index in [4.69, 9.17) is 11.6 Å². The molecule has 0 bridgehead atoms. The molecule has 0 saturated heterocycles. The summed E-state index contributed by atoms with van der Waals surface area (Å²) in [5.41, 5.74) is 0.338. The molecule has 2 aromatic rings. The highest BCUT2D eigenvalue weighted by atomic mass is 35.5. The van der Waals surface area contributed by atoms with Crippen LogP contribution in [-0.2, 0) is 0 Å². The Morgan fingerprint density at radius 2 is 2.06 bits per heavy atom. The maximum absolute atomic E-state index is 6.06. The zero-order valence-corrected chi connectivity index (χ0v) is 12.2. The fourth-order valence-electron chi connectivity index (χ4n) is 2.11. The molecule has 2 rings (SSSR count). The third kappa shape index (κ3) is 2.96. The lowest BCUT2D eigenvalue weighted by Gasteiger charge is -2.22. The Bertz CT molecular complexity index is 528. The molecule has 0 aromatic carbocycles. The van der Waals surface area contributed by atoms with Gasteiger partial charge in [-0.2, -0.15) is 0 Å². The van der Waals surface area contributed by atoms with Gasteiger partial charge in [0.05, 0.1) is 0 Å². The standard InChI is InChI=1S/C13H17ClN2S/c1-8(6-13(2,3)4)10-5-9-11(14)15-7-16-12(9)17-10/h5,7-8H,6H2,1-4H3. The molecule has 0 aliphatic heterocycles. The molecule has 1 unspecified atom stereocenters. The van der Waals surface area contributed by atoms with Crippen LogP contribution in [0.3, 0.4) is 0 Å². The summed E-state index contributed by atoms with van der Waals surface area (Å²) in [7, 11) is 0. The largest absolute Gasteiger partial charge is 0.225 e. The number of halogens is 1. The summed E-state index contributed by atoms with van der Waals surface area (Å²) < 4.78 is 0. The summed E-state index contributed by atoms with van der Waals surface area (Å²) >= 11 is 7.79. The molecule has 0 amide bonds. The highest BCUT2D eigenvalue weighted by molar-refractivity contribution is 7.18. The third-order valence-corrected chi connectivity index (χ3v) is 4.28. The Morgan fingerprint density at radius 1 is 1.35 bits per heavy atom. The van der Waals surface area contributed by atoms with Crippen LogP contribution in [0.5, 0.6) is 0 Å². The maximum atomic E-state index is 6.06. The second-order valence-corrected chi connectivity index (χ2v) is 7.12. The number of nitrogens with zero attached hydrogens (tertiary/aromatic N) is 2. The molecular weight excluding hydrogens is 252 g/mol. The third-order valence-electron chi connectivity index (χ3n) is 2.70. The van der Waals surface area contributed by atoms with Gasteiger partial charge in [0.2, 0.25) is 0 Å². The molecule has 0 aliphatic rings. The van der Waals surface area contributed by atoms with Crippen molar-refractivity contribution in [3.8, 4) is 0 Å². The van der Waals surface area contributed by atoms with Gasteiger partial charge < -0.3 is 0 Å². The fourth-order valence-corrected chi connectivity index (χ4v) is 3.40. The van der Waals surface area contributed by atoms with Gasteiger partial charge in [0, 0.05) is 10.3 Å². The van der Waals surface area contributed by atoms with Crippen molar-refractivity contribution in [3.63, 3.8) is 0 Å². The van der Waals surface area contributed by atoms with Crippen LogP contribution in [0.1, 0.15) is 44.9 Å². The normalized spacial score (nSPS) is 14.2. The molecule has 0 spiro atoms. The predicted molar refractivity (Wildman–Crippen MR) is 74.9 cm³/mol. The van der Waals surface area contributed by atoms with Gasteiger partial charge in [-0.1, -0.05) is 39.3 Å². The van der Waals surface area contributed by atoms with Gasteiger partial charge in [-0.25, -0.2) is 9.97 Å². The smallest absolute Gasteiger partial charge is 0.141 e. The molecular formula is C13H17ClN2S. The summed E-state index contributed by atoms with van der Waals surface area (Å²) in [6, 6.07) is 2.14. The van der Waals surface area contributed by atoms with Crippen LogP contribution in [0.2, 0.25) is 5.15 Å². The van der Waals surface area contributed by atoms with Crippen LogP contribution in [-0.4, -0.2) is 9.97 Å². The predicted octanol–water partition coefficient (Wildman–Crippen LogP) is 4.88. The second-order valence-electron chi connectivity index (χ2n) is 5.70. The van der Waals surface area contributed by atoms with Gasteiger partial charge >= 0.3 is 0 Å². The number of hydrogen-bond donors (Lipinski definition) is 0. The highest BCUT2D eigenvalue weighted by Crippen LogP contribution is 2.37. The molecule has 0 radical (unpaired) electrons. The van der Waals surface area contributed by atoms with E-state index in [1.54, 1.807) is 11.3 Å². The van der Waals surface area contributed by atoms with Crippen molar-refractivity contribution < 1.29 is 0 Å². The van der Waals surface area contributed by atoms with E-state index in [1.807, 2.05) is 0 Å². The van der Waals surface area contributed by atoms with E-state index in [0.29, 0.717) is 16.5 Å². The summed E-state index contributed by atoms with van der Waals surface area (Å²) in [5.74, 6) is 0.533. The van der Waals surface area contributed by atoms with E-state index in [0.717, 1.165) is 16.6 Å². The average molecular weight is 269 g/mol. The molecule has 4 heteroatoms. The van der Waals surface area contributed by atoms with E-state index in [1.165, 1.54) is 11.2 Å². The van der Waals surface area contributed by atoms with Gasteiger partial charge in [-0.15, -0.1) is 11.3 Å². The fraction of sp³-hybridized carbons (Fsp3) is 0.538. The molecule has 0 saturated carbocycles. The Kier molecular flexibility index (Phi) is 3.41.